The summed E-state index contributed by atoms with van der Waals surface area (Å²) < 4.78 is 5.44. The Balaban J connectivity index is 1.44. The third-order valence-corrected chi connectivity index (χ3v) is 4.46. The van der Waals surface area contributed by atoms with Crippen LogP contribution in [0.1, 0.15) is 12.0 Å². The number of aryl methyl sites for hydroxylation is 1. The largest absolute Gasteiger partial charge is 0.484 e. The van der Waals surface area contributed by atoms with E-state index in [9.17, 15) is 9.59 Å². The van der Waals surface area contributed by atoms with Crippen LogP contribution in [0, 0.1) is 0 Å². The lowest BCUT2D eigenvalue weighted by Crippen LogP contribution is -2.34. The van der Waals surface area contributed by atoms with Crippen LogP contribution < -0.4 is 20.7 Å². The van der Waals surface area contributed by atoms with E-state index in [4.69, 9.17) is 17.0 Å². The van der Waals surface area contributed by atoms with Gasteiger partial charge in [0.25, 0.3) is 5.91 Å². The molecule has 2 amide bonds. The van der Waals surface area contributed by atoms with Crippen LogP contribution in [-0.2, 0) is 16.0 Å². The molecule has 3 aromatic carbocycles. The molecule has 0 unspecified atom stereocenters. The Morgan fingerprint density at radius 1 is 0.774 bits per heavy atom. The van der Waals surface area contributed by atoms with E-state index in [1.165, 1.54) is 0 Å². The second-order valence-corrected chi connectivity index (χ2v) is 7.13. The van der Waals surface area contributed by atoms with E-state index in [0.29, 0.717) is 30.0 Å². The van der Waals surface area contributed by atoms with Crippen molar-refractivity contribution in [2.75, 3.05) is 17.2 Å². The van der Waals surface area contributed by atoms with Crippen LogP contribution in [0.15, 0.2) is 84.9 Å². The highest BCUT2D eigenvalue weighted by molar-refractivity contribution is 7.80. The van der Waals surface area contributed by atoms with E-state index in [2.05, 4.69) is 16.0 Å². The molecule has 158 valence electrons. The fraction of sp³-hybridized carbons (Fsp3) is 0.125. The smallest absolute Gasteiger partial charge is 0.262 e. The number of benzene rings is 3. The highest BCUT2D eigenvalue weighted by atomic mass is 32.1. The molecule has 6 nitrogen and oxygen atoms in total. The van der Waals surface area contributed by atoms with Crippen molar-refractivity contribution in [3.63, 3.8) is 0 Å². The third-order valence-electron chi connectivity index (χ3n) is 4.25. The molecule has 7 heteroatoms. The number of rotatable bonds is 8. The average Bonchev–Trinajstić information content (AvgIpc) is 2.78. The molecule has 0 aliphatic heterocycles. The molecule has 0 atom stereocenters. The molecular weight excluding hydrogens is 410 g/mol. The molecule has 0 heterocycles. The van der Waals surface area contributed by atoms with E-state index in [1.54, 1.807) is 36.4 Å². The molecule has 0 fully saturated rings. The van der Waals surface area contributed by atoms with Crippen molar-refractivity contribution in [3.8, 4) is 5.75 Å². The molecule has 3 rings (SSSR count). The van der Waals surface area contributed by atoms with Crippen LogP contribution in [0.25, 0.3) is 0 Å². The van der Waals surface area contributed by atoms with Gasteiger partial charge in [0.1, 0.15) is 5.75 Å². The van der Waals surface area contributed by atoms with Gasteiger partial charge >= 0.3 is 0 Å². The Morgan fingerprint density at radius 2 is 1.42 bits per heavy atom. The maximum absolute atomic E-state index is 12.1. The van der Waals surface area contributed by atoms with E-state index < -0.39 is 0 Å². The van der Waals surface area contributed by atoms with Crippen LogP contribution in [0.4, 0.5) is 11.4 Å². The molecule has 3 aromatic rings. The number of nitrogens with one attached hydrogen (secondary N) is 3. The van der Waals surface area contributed by atoms with Gasteiger partial charge in [0.15, 0.2) is 11.7 Å². The summed E-state index contributed by atoms with van der Waals surface area (Å²) in [5.41, 5.74) is 2.33. The number of para-hydroxylation sites is 1. The van der Waals surface area contributed by atoms with Crippen molar-refractivity contribution in [2.45, 2.75) is 12.8 Å². The van der Waals surface area contributed by atoms with Gasteiger partial charge in [-0.1, -0.05) is 54.6 Å². The van der Waals surface area contributed by atoms with Crippen molar-refractivity contribution < 1.29 is 14.3 Å². The fourth-order valence-electron chi connectivity index (χ4n) is 2.79. The summed E-state index contributed by atoms with van der Waals surface area (Å²) in [6, 6.07) is 26.0. The van der Waals surface area contributed by atoms with E-state index in [-0.39, 0.29) is 23.5 Å². The van der Waals surface area contributed by atoms with Gasteiger partial charge in [0.2, 0.25) is 5.91 Å². The van der Waals surface area contributed by atoms with Gasteiger partial charge in [-0.3, -0.25) is 9.59 Å². The summed E-state index contributed by atoms with van der Waals surface area (Å²) in [7, 11) is 0. The number of thiocarbonyl (C=S) groups is 1. The van der Waals surface area contributed by atoms with E-state index in [1.807, 2.05) is 48.5 Å². The quantitative estimate of drug-likeness (QED) is 0.465. The Bertz CT molecular complexity index is 1030. The van der Waals surface area contributed by atoms with Crippen LogP contribution >= 0.6 is 12.2 Å². The highest BCUT2D eigenvalue weighted by Crippen LogP contribution is 2.15. The zero-order chi connectivity index (χ0) is 21.9. The van der Waals surface area contributed by atoms with Gasteiger partial charge in [0, 0.05) is 17.8 Å². The Labute approximate surface area is 186 Å². The molecule has 31 heavy (non-hydrogen) atoms. The summed E-state index contributed by atoms with van der Waals surface area (Å²) in [6.07, 6.45) is 0.977. The Hall–Kier alpha value is -3.71. The first-order valence-electron chi connectivity index (χ1n) is 9.81. The number of carbonyl (C=O) groups excluding carboxylic acids is 2. The zero-order valence-electron chi connectivity index (χ0n) is 16.8. The molecule has 0 radical (unpaired) electrons. The number of hydrogen-bond donors (Lipinski definition) is 3. The molecule has 0 aliphatic carbocycles. The van der Waals surface area contributed by atoms with E-state index >= 15 is 0 Å². The van der Waals surface area contributed by atoms with Gasteiger partial charge in [-0.2, -0.15) is 0 Å². The second kappa shape index (κ2) is 11.5. The first kappa shape index (κ1) is 22.0. The first-order chi connectivity index (χ1) is 15.1. The second-order valence-electron chi connectivity index (χ2n) is 6.72. The predicted molar refractivity (Wildman–Crippen MR) is 126 cm³/mol. The van der Waals surface area contributed by atoms with Crippen LogP contribution in [0.3, 0.4) is 0 Å². The van der Waals surface area contributed by atoms with Crippen LogP contribution in [-0.4, -0.2) is 23.5 Å². The average molecular weight is 434 g/mol. The maximum Gasteiger partial charge on any atom is 0.262 e. The molecule has 0 saturated carbocycles. The number of ether oxygens (including phenoxy) is 1. The number of anilines is 2. The minimum atomic E-state index is -0.280. The lowest BCUT2D eigenvalue weighted by Gasteiger charge is -2.12. The maximum atomic E-state index is 12.1. The van der Waals surface area contributed by atoms with Crippen LogP contribution in [0.5, 0.6) is 5.75 Å². The van der Waals surface area contributed by atoms with Crippen molar-refractivity contribution in [1.82, 2.24) is 5.32 Å². The number of hydrogen-bond acceptors (Lipinski definition) is 4. The molecular formula is C24H23N3O3S. The summed E-state index contributed by atoms with van der Waals surface area (Å²) in [5, 5.41) is 8.60. The molecule has 0 bridgehead atoms. The van der Waals surface area contributed by atoms with Crippen molar-refractivity contribution in [3.05, 3.63) is 90.5 Å². The summed E-state index contributed by atoms with van der Waals surface area (Å²) in [4.78, 5) is 24.2. The van der Waals surface area contributed by atoms with Crippen molar-refractivity contribution in [2.24, 2.45) is 0 Å². The summed E-state index contributed by atoms with van der Waals surface area (Å²) in [6.45, 7) is -0.0996. The Kier molecular flexibility index (Phi) is 8.13. The molecule has 0 saturated heterocycles. The Morgan fingerprint density at radius 3 is 2.13 bits per heavy atom. The minimum absolute atomic E-state index is 0.0996. The first-order valence-corrected chi connectivity index (χ1v) is 10.2. The van der Waals surface area contributed by atoms with Gasteiger partial charge < -0.3 is 20.7 Å². The fourth-order valence-corrected chi connectivity index (χ4v) is 3.02. The van der Waals surface area contributed by atoms with Gasteiger partial charge in [-0.05, 0) is 54.5 Å². The lowest BCUT2D eigenvalue weighted by molar-refractivity contribution is -0.119. The monoisotopic (exact) mass is 433 g/mol. The van der Waals surface area contributed by atoms with E-state index in [0.717, 1.165) is 5.56 Å². The summed E-state index contributed by atoms with van der Waals surface area (Å²) >= 11 is 5.22. The molecule has 0 spiro atoms. The molecule has 3 N–H and O–H groups in total. The number of carbonyl (C=O) groups is 2. The SMILES string of the molecule is O=C(CCc1ccccc1)NC(=S)Nc1cccc(NC(=O)COc2ccccc2)c1. The predicted octanol–water partition coefficient (Wildman–Crippen LogP) is 4.15. The molecule has 0 aromatic heterocycles. The topological polar surface area (TPSA) is 79.5 Å². The zero-order valence-corrected chi connectivity index (χ0v) is 17.7. The third kappa shape index (κ3) is 7.91. The van der Waals surface area contributed by atoms with Crippen molar-refractivity contribution >= 4 is 40.5 Å². The van der Waals surface area contributed by atoms with Gasteiger partial charge in [0.05, 0.1) is 0 Å². The lowest BCUT2D eigenvalue weighted by atomic mass is 10.1. The van der Waals surface area contributed by atoms with Gasteiger partial charge in [-0.15, -0.1) is 0 Å². The van der Waals surface area contributed by atoms with Crippen molar-refractivity contribution in [1.29, 1.82) is 0 Å². The highest BCUT2D eigenvalue weighted by Gasteiger charge is 2.07. The summed E-state index contributed by atoms with van der Waals surface area (Å²) in [5.74, 6) is 0.183. The van der Waals surface area contributed by atoms with Crippen LogP contribution in [0.2, 0.25) is 0 Å². The minimum Gasteiger partial charge on any atom is -0.484 e. The standard InChI is InChI=1S/C24H23N3O3S/c28-22(15-14-18-8-3-1-4-9-18)27-24(31)26-20-11-7-10-19(16-20)25-23(29)17-30-21-12-5-2-6-13-21/h1-13,16H,14-15,17H2,(H,25,29)(H2,26,27,28,31). The molecule has 0 aliphatic rings. The van der Waals surface area contributed by atoms with Gasteiger partial charge in [-0.25, -0.2) is 0 Å². The normalized spacial score (nSPS) is 10.1. The number of amides is 2.